The van der Waals surface area contributed by atoms with Gasteiger partial charge in [-0.1, -0.05) is 12.1 Å². The zero-order chi connectivity index (χ0) is 22.9. The third-order valence-corrected chi connectivity index (χ3v) is 7.45. The van der Waals surface area contributed by atoms with Crippen LogP contribution in [0.25, 0.3) is 27.1 Å². The molecule has 0 spiro atoms. The number of hydrogen-bond acceptors (Lipinski definition) is 6. The highest BCUT2D eigenvalue weighted by molar-refractivity contribution is 5.87. The molecule has 2 aromatic heterocycles. The summed E-state index contributed by atoms with van der Waals surface area (Å²) in [5, 5.41) is 3.78. The number of morpholine rings is 1. The molecule has 0 bridgehead atoms. The van der Waals surface area contributed by atoms with Gasteiger partial charge in [0.05, 0.1) is 25.5 Å². The van der Waals surface area contributed by atoms with Gasteiger partial charge in [-0.25, -0.2) is 14.8 Å². The number of nitrogens with one attached hydrogen (secondary N) is 1. The van der Waals surface area contributed by atoms with Gasteiger partial charge in [-0.05, 0) is 60.1 Å². The van der Waals surface area contributed by atoms with Gasteiger partial charge in [-0.3, -0.25) is 9.88 Å². The molecular weight excluding hydrogens is 424 g/mol. The molecule has 172 valence electrons. The van der Waals surface area contributed by atoms with Crippen molar-refractivity contribution >= 4 is 11.5 Å². The average Bonchev–Trinajstić information content (AvgIpc) is 3.28. The lowest BCUT2D eigenvalue weighted by molar-refractivity contribution is 0.00791. The number of aromatic nitrogens is 3. The van der Waals surface area contributed by atoms with Crippen LogP contribution in [-0.2, 0) is 11.2 Å². The van der Waals surface area contributed by atoms with Crippen LogP contribution in [0.4, 0.5) is 11.5 Å². The standard InChI is InChI=1S/C27H28N6O/c1-28-22-12-20(15-29-16-22)18-2-3-19-14-25-26(24(19)13-18)27(31-17-30-25)32-21-4-6-23(7-5-21)33-8-10-34-11-9-33/h2-3,12-13,15-17,21,23H,4-11,14H2,(H,30,31,32). The van der Waals surface area contributed by atoms with Crippen LogP contribution in [0.15, 0.2) is 43.0 Å². The largest absolute Gasteiger partial charge is 0.379 e. The lowest BCUT2D eigenvalue weighted by Gasteiger charge is -2.39. The molecule has 1 aliphatic heterocycles. The van der Waals surface area contributed by atoms with Crippen LogP contribution in [0.1, 0.15) is 36.9 Å². The van der Waals surface area contributed by atoms with Crippen LogP contribution in [0.3, 0.4) is 0 Å². The zero-order valence-corrected chi connectivity index (χ0v) is 19.2. The van der Waals surface area contributed by atoms with Crippen LogP contribution in [0.5, 0.6) is 0 Å². The summed E-state index contributed by atoms with van der Waals surface area (Å²) in [5.74, 6) is 0.948. The molecule has 1 aromatic carbocycles. The molecule has 1 saturated heterocycles. The first-order valence-electron chi connectivity index (χ1n) is 12.2. The number of rotatable bonds is 4. The van der Waals surface area contributed by atoms with E-state index in [0.717, 1.165) is 73.8 Å². The van der Waals surface area contributed by atoms with Crippen molar-refractivity contribution in [3.05, 3.63) is 65.7 Å². The molecule has 3 aliphatic rings. The molecule has 2 aliphatic carbocycles. The summed E-state index contributed by atoms with van der Waals surface area (Å²) >= 11 is 0. The Morgan fingerprint density at radius 2 is 1.85 bits per heavy atom. The lowest BCUT2D eigenvalue weighted by Crippen LogP contribution is -2.46. The summed E-state index contributed by atoms with van der Waals surface area (Å²) in [6.07, 6.45) is 10.7. The SMILES string of the molecule is [C-]#[N+]c1cncc(-c2ccc3c(c2)-c2c(ncnc2NC2CCC(N4CCOCC4)CC2)C3)c1. The number of nitrogens with zero attached hydrogens (tertiary/aromatic N) is 5. The van der Waals surface area contributed by atoms with E-state index >= 15 is 0 Å². The zero-order valence-electron chi connectivity index (χ0n) is 19.2. The number of pyridine rings is 1. The molecule has 3 aromatic rings. The van der Waals surface area contributed by atoms with Gasteiger partial charge in [0.2, 0.25) is 5.69 Å². The fourth-order valence-electron chi connectivity index (χ4n) is 5.64. The van der Waals surface area contributed by atoms with E-state index in [1.807, 2.05) is 12.3 Å². The molecule has 1 saturated carbocycles. The van der Waals surface area contributed by atoms with E-state index in [-0.39, 0.29) is 0 Å². The van der Waals surface area contributed by atoms with Crippen LogP contribution in [-0.4, -0.2) is 58.2 Å². The molecule has 7 heteroatoms. The van der Waals surface area contributed by atoms with Crippen molar-refractivity contribution in [1.29, 1.82) is 0 Å². The van der Waals surface area contributed by atoms with E-state index in [0.29, 0.717) is 17.8 Å². The van der Waals surface area contributed by atoms with Crippen LogP contribution in [0.2, 0.25) is 0 Å². The van der Waals surface area contributed by atoms with Crippen molar-refractivity contribution in [2.75, 3.05) is 31.6 Å². The second-order valence-electron chi connectivity index (χ2n) is 9.43. The molecule has 1 N–H and O–H groups in total. The third kappa shape index (κ3) is 4.04. The van der Waals surface area contributed by atoms with E-state index in [1.165, 1.54) is 24.0 Å². The molecule has 0 amide bonds. The van der Waals surface area contributed by atoms with E-state index in [2.05, 4.69) is 48.2 Å². The van der Waals surface area contributed by atoms with Crippen molar-refractivity contribution in [2.24, 2.45) is 0 Å². The molecule has 34 heavy (non-hydrogen) atoms. The van der Waals surface area contributed by atoms with Gasteiger partial charge in [0.25, 0.3) is 0 Å². The van der Waals surface area contributed by atoms with Crippen molar-refractivity contribution < 1.29 is 4.74 Å². The number of hydrogen-bond donors (Lipinski definition) is 1. The van der Waals surface area contributed by atoms with Crippen LogP contribution < -0.4 is 5.32 Å². The summed E-state index contributed by atoms with van der Waals surface area (Å²) < 4.78 is 5.53. The van der Waals surface area contributed by atoms with Gasteiger partial charge in [0.15, 0.2) is 0 Å². The third-order valence-electron chi connectivity index (χ3n) is 7.45. The molecule has 0 radical (unpaired) electrons. The Labute approximate surface area is 200 Å². The molecular formula is C27H28N6O. The second kappa shape index (κ2) is 9.13. The maximum absolute atomic E-state index is 7.30. The summed E-state index contributed by atoms with van der Waals surface area (Å²) in [6.45, 7) is 11.2. The predicted molar refractivity (Wildman–Crippen MR) is 132 cm³/mol. The number of benzene rings is 1. The van der Waals surface area contributed by atoms with Gasteiger partial charge in [-0.15, -0.1) is 0 Å². The van der Waals surface area contributed by atoms with Crippen molar-refractivity contribution in [3.8, 4) is 22.3 Å². The Hall–Kier alpha value is -3.34. The minimum atomic E-state index is 0.433. The maximum Gasteiger partial charge on any atom is 0.205 e. The monoisotopic (exact) mass is 452 g/mol. The summed E-state index contributed by atoms with van der Waals surface area (Å²) in [6, 6.07) is 9.50. The molecule has 2 fully saturated rings. The molecule has 3 heterocycles. The van der Waals surface area contributed by atoms with Gasteiger partial charge in [0, 0.05) is 49.6 Å². The molecule has 6 rings (SSSR count). The van der Waals surface area contributed by atoms with Crippen LogP contribution >= 0.6 is 0 Å². The number of ether oxygens (including phenoxy) is 1. The molecule has 0 unspecified atom stereocenters. The average molecular weight is 453 g/mol. The minimum Gasteiger partial charge on any atom is -0.379 e. The minimum absolute atomic E-state index is 0.433. The highest BCUT2D eigenvalue weighted by Crippen LogP contribution is 2.42. The predicted octanol–water partition coefficient (Wildman–Crippen LogP) is 4.72. The van der Waals surface area contributed by atoms with E-state index in [4.69, 9.17) is 11.3 Å². The Balaban J connectivity index is 1.23. The molecule has 0 atom stereocenters. The Morgan fingerprint density at radius 3 is 2.68 bits per heavy atom. The first kappa shape index (κ1) is 21.2. The summed E-state index contributed by atoms with van der Waals surface area (Å²) in [7, 11) is 0. The highest BCUT2D eigenvalue weighted by Gasteiger charge is 2.29. The first-order valence-corrected chi connectivity index (χ1v) is 12.2. The van der Waals surface area contributed by atoms with Crippen LogP contribution in [0, 0.1) is 6.57 Å². The number of anilines is 1. The summed E-state index contributed by atoms with van der Waals surface area (Å²) in [5.41, 5.74) is 7.24. The summed E-state index contributed by atoms with van der Waals surface area (Å²) in [4.78, 5) is 19.7. The van der Waals surface area contributed by atoms with Gasteiger partial charge in [-0.2, -0.15) is 0 Å². The first-order chi connectivity index (χ1) is 16.8. The lowest BCUT2D eigenvalue weighted by atomic mass is 9.89. The molecule has 7 nitrogen and oxygen atoms in total. The smallest absolute Gasteiger partial charge is 0.205 e. The van der Waals surface area contributed by atoms with Crippen molar-refractivity contribution in [2.45, 2.75) is 44.2 Å². The van der Waals surface area contributed by atoms with Crippen molar-refractivity contribution in [1.82, 2.24) is 19.9 Å². The quantitative estimate of drug-likeness (QED) is 0.452. The van der Waals surface area contributed by atoms with E-state index in [1.54, 1.807) is 12.5 Å². The Kier molecular flexibility index (Phi) is 5.69. The maximum atomic E-state index is 7.30. The highest BCUT2D eigenvalue weighted by atomic mass is 16.5. The van der Waals surface area contributed by atoms with Gasteiger partial charge < -0.3 is 10.1 Å². The van der Waals surface area contributed by atoms with Gasteiger partial charge in [0.1, 0.15) is 12.1 Å². The second-order valence-corrected chi connectivity index (χ2v) is 9.43. The van der Waals surface area contributed by atoms with Crippen molar-refractivity contribution in [3.63, 3.8) is 0 Å². The van der Waals surface area contributed by atoms with Gasteiger partial charge >= 0.3 is 0 Å². The fourth-order valence-corrected chi connectivity index (χ4v) is 5.64. The van der Waals surface area contributed by atoms with E-state index < -0.39 is 0 Å². The topological polar surface area (TPSA) is 67.5 Å². The Bertz CT molecular complexity index is 1240. The van der Waals surface area contributed by atoms with E-state index in [9.17, 15) is 0 Å². The Morgan fingerprint density at radius 1 is 1.00 bits per heavy atom. The number of fused-ring (bicyclic) bond motifs is 3. The fraction of sp³-hybridized carbons (Fsp3) is 0.407. The normalized spacial score (nSPS) is 22.0.